The van der Waals surface area contributed by atoms with E-state index in [1.165, 1.54) is 12.1 Å². The van der Waals surface area contributed by atoms with Gasteiger partial charge < -0.3 is 21.1 Å². The summed E-state index contributed by atoms with van der Waals surface area (Å²) in [5.41, 5.74) is 0.935. The maximum absolute atomic E-state index is 12.0. The normalized spacial score (nSPS) is 12.7. The second-order valence-corrected chi connectivity index (χ2v) is 7.43. The lowest BCUT2D eigenvalue weighted by atomic mass is 9.89. The quantitative estimate of drug-likeness (QED) is 0.209. The van der Waals surface area contributed by atoms with E-state index >= 15 is 0 Å². The Labute approximate surface area is 174 Å². The Morgan fingerprint density at radius 1 is 1.23 bits per heavy atom. The lowest BCUT2D eigenvalue weighted by Gasteiger charge is -2.23. The van der Waals surface area contributed by atoms with Crippen LogP contribution in [-0.4, -0.2) is 36.1 Å². The van der Waals surface area contributed by atoms with Gasteiger partial charge in [-0.2, -0.15) is 0 Å². The predicted molar refractivity (Wildman–Crippen MR) is 119 cm³/mol. The van der Waals surface area contributed by atoms with Gasteiger partial charge in [0.05, 0.1) is 0 Å². The first-order valence-corrected chi connectivity index (χ1v) is 8.83. The Hall–Kier alpha value is -1.51. The van der Waals surface area contributed by atoms with Gasteiger partial charge in [-0.15, -0.1) is 24.0 Å². The SMILES string of the molecule is CCNC(=NCC(=O)Nc1ccc(O)cc1)NC(C)CCC(C)(C)C.I. The second kappa shape index (κ2) is 12.0. The number of amides is 1. The molecule has 7 heteroatoms. The van der Waals surface area contributed by atoms with E-state index in [0.29, 0.717) is 17.1 Å². The average molecular weight is 476 g/mol. The predicted octanol–water partition coefficient (Wildman–Crippen LogP) is 3.72. The number of carbonyl (C=O) groups excluding carboxylic acids is 1. The lowest BCUT2D eigenvalue weighted by molar-refractivity contribution is -0.114. The largest absolute Gasteiger partial charge is 0.508 e. The summed E-state index contributed by atoms with van der Waals surface area (Å²) in [6.07, 6.45) is 2.15. The van der Waals surface area contributed by atoms with E-state index in [2.05, 4.69) is 48.6 Å². The third kappa shape index (κ3) is 11.2. The lowest BCUT2D eigenvalue weighted by Crippen LogP contribution is -2.43. The van der Waals surface area contributed by atoms with Crippen molar-refractivity contribution < 1.29 is 9.90 Å². The zero-order valence-corrected chi connectivity index (χ0v) is 18.8. The highest BCUT2D eigenvalue weighted by Crippen LogP contribution is 2.21. The molecule has 0 fully saturated rings. The zero-order chi connectivity index (χ0) is 18.9. The van der Waals surface area contributed by atoms with Crippen molar-refractivity contribution in [2.24, 2.45) is 10.4 Å². The van der Waals surface area contributed by atoms with E-state index in [9.17, 15) is 9.90 Å². The second-order valence-electron chi connectivity index (χ2n) is 7.43. The number of guanidine groups is 1. The van der Waals surface area contributed by atoms with E-state index in [0.717, 1.165) is 19.4 Å². The Bertz CT molecular complexity index is 568. The fraction of sp³-hybridized carbons (Fsp3) is 0.579. The highest BCUT2D eigenvalue weighted by atomic mass is 127. The number of rotatable bonds is 7. The molecule has 1 aromatic carbocycles. The van der Waals surface area contributed by atoms with Crippen LogP contribution in [-0.2, 0) is 4.79 Å². The molecule has 1 amide bonds. The van der Waals surface area contributed by atoms with Crippen LogP contribution in [0.1, 0.15) is 47.5 Å². The summed E-state index contributed by atoms with van der Waals surface area (Å²) >= 11 is 0. The number of halogens is 1. The molecule has 0 spiro atoms. The molecule has 0 bridgehead atoms. The highest BCUT2D eigenvalue weighted by Gasteiger charge is 2.13. The molecule has 148 valence electrons. The van der Waals surface area contributed by atoms with E-state index in [-0.39, 0.29) is 48.2 Å². The van der Waals surface area contributed by atoms with Gasteiger partial charge in [0, 0.05) is 18.3 Å². The van der Waals surface area contributed by atoms with Crippen LogP contribution in [0.3, 0.4) is 0 Å². The maximum Gasteiger partial charge on any atom is 0.246 e. The Morgan fingerprint density at radius 2 is 1.85 bits per heavy atom. The summed E-state index contributed by atoms with van der Waals surface area (Å²) in [6.45, 7) is 11.6. The fourth-order valence-electron chi connectivity index (χ4n) is 2.17. The summed E-state index contributed by atoms with van der Waals surface area (Å²) < 4.78 is 0. The average Bonchev–Trinajstić information content (AvgIpc) is 2.52. The van der Waals surface area contributed by atoms with Crippen molar-refractivity contribution in [3.05, 3.63) is 24.3 Å². The van der Waals surface area contributed by atoms with E-state index in [4.69, 9.17) is 0 Å². The molecule has 0 saturated heterocycles. The van der Waals surface area contributed by atoms with Gasteiger partial charge in [-0.25, -0.2) is 4.99 Å². The highest BCUT2D eigenvalue weighted by molar-refractivity contribution is 14.0. The van der Waals surface area contributed by atoms with Gasteiger partial charge in [0.2, 0.25) is 5.91 Å². The summed E-state index contributed by atoms with van der Waals surface area (Å²) in [5, 5.41) is 18.5. The molecule has 0 aliphatic heterocycles. The number of anilines is 1. The Kier molecular flexibility index (Phi) is 11.3. The number of phenols is 1. The van der Waals surface area contributed by atoms with Gasteiger partial charge in [-0.05, 0) is 56.4 Å². The fourth-order valence-corrected chi connectivity index (χ4v) is 2.17. The molecule has 0 aromatic heterocycles. The topological polar surface area (TPSA) is 85.8 Å². The third-order valence-corrected chi connectivity index (χ3v) is 3.59. The van der Waals surface area contributed by atoms with E-state index in [1.54, 1.807) is 12.1 Å². The van der Waals surface area contributed by atoms with Crippen molar-refractivity contribution in [1.82, 2.24) is 10.6 Å². The number of hydrogen-bond donors (Lipinski definition) is 4. The van der Waals surface area contributed by atoms with Crippen LogP contribution in [0.5, 0.6) is 5.75 Å². The monoisotopic (exact) mass is 476 g/mol. The van der Waals surface area contributed by atoms with Crippen molar-refractivity contribution in [2.75, 3.05) is 18.4 Å². The van der Waals surface area contributed by atoms with Gasteiger partial charge in [0.25, 0.3) is 0 Å². The molecule has 6 nitrogen and oxygen atoms in total. The first kappa shape index (κ1) is 24.5. The Balaban J connectivity index is 0.00000625. The molecule has 1 unspecified atom stereocenters. The van der Waals surface area contributed by atoms with Crippen LogP contribution < -0.4 is 16.0 Å². The van der Waals surface area contributed by atoms with Crippen molar-refractivity contribution in [2.45, 2.75) is 53.5 Å². The molecule has 1 atom stereocenters. The van der Waals surface area contributed by atoms with Crippen molar-refractivity contribution in [1.29, 1.82) is 0 Å². The number of benzene rings is 1. The first-order valence-electron chi connectivity index (χ1n) is 8.83. The van der Waals surface area contributed by atoms with Crippen molar-refractivity contribution in [3.8, 4) is 5.75 Å². The summed E-state index contributed by atoms with van der Waals surface area (Å²) in [7, 11) is 0. The van der Waals surface area contributed by atoms with Gasteiger partial charge >= 0.3 is 0 Å². The molecule has 1 rings (SSSR count). The van der Waals surface area contributed by atoms with E-state index < -0.39 is 0 Å². The van der Waals surface area contributed by atoms with E-state index in [1.807, 2.05) is 6.92 Å². The summed E-state index contributed by atoms with van der Waals surface area (Å²) in [5.74, 6) is 0.605. The minimum atomic E-state index is -0.203. The van der Waals surface area contributed by atoms with Crippen LogP contribution in [0.25, 0.3) is 0 Å². The summed E-state index contributed by atoms with van der Waals surface area (Å²) in [6, 6.07) is 6.63. The molecular weight excluding hydrogens is 443 g/mol. The van der Waals surface area contributed by atoms with Crippen LogP contribution in [0, 0.1) is 5.41 Å². The van der Waals surface area contributed by atoms with Gasteiger partial charge in [-0.1, -0.05) is 20.8 Å². The van der Waals surface area contributed by atoms with Gasteiger partial charge in [0.1, 0.15) is 12.3 Å². The maximum atomic E-state index is 12.0. The van der Waals surface area contributed by atoms with Crippen molar-refractivity contribution in [3.63, 3.8) is 0 Å². The number of aromatic hydroxyl groups is 1. The van der Waals surface area contributed by atoms with Crippen molar-refractivity contribution >= 4 is 41.5 Å². The summed E-state index contributed by atoms with van der Waals surface area (Å²) in [4.78, 5) is 16.4. The molecular formula is C19H33IN4O2. The van der Waals surface area contributed by atoms with Crippen LogP contribution in [0.2, 0.25) is 0 Å². The minimum Gasteiger partial charge on any atom is -0.508 e. The number of phenolic OH excluding ortho intramolecular Hbond substituents is 1. The van der Waals surface area contributed by atoms with Crippen LogP contribution in [0.4, 0.5) is 5.69 Å². The standard InChI is InChI=1S/C19H32N4O2.HI/c1-6-20-18(22-14(2)11-12-19(3,4)5)21-13-17(25)23-15-7-9-16(24)10-8-15;/h7-10,14,24H,6,11-13H2,1-5H3,(H,23,25)(H2,20,21,22);1H. The number of nitrogens with zero attached hydrogens (tertiary/aromatic N) is 1. The molecule has 26 heavy (non-hydrogen) atoms. The van der Waals surface area contributed by atoms with Gasteiger partial charge in [-0.3, -0.25) is 4.79 Å². The molecule has 0 heterocycles. The zero-order valence-electron chi connectivity index (χ0n) is 16.4. The Morgan fingerprint density at radius 3 is 2.38 bits per heavy atom. The molecule has 0 aliphatic rings. The smallest absolute Gasteiger partial charge is 0.246 e. The first-order chi connectivity index (χ1) is 11.7. The van der Waals surface area contributed by atoms with Crippen LogP contribution in [0.15, 0.2) is 29.3 Å². The molecule has 0 saturated carbocycles. The molecule has 1 aromatic rings. The van der Waals surface area contributed by atoms with Gasteiger partial charge in [0.15, 0.2) is 5.96 Å². The number of hydrogen-bond acceptors (Lipinski definition) is 3. The molecule has 0 aliphatic carbocycles. The molecule has 0 radical (unpaired) electrons. The number of carbonyl (C=O) groups is 1. The van der Waals surface area contributed by atoms with Crippen LogP contribution >= 0.6 is 24.0 Å². The molecule has 4 N–H and O–H groups in total. The third-order valence-electron chi connectivity index (χ3n) is 3.59. The number of nitrogens with one attached hydrogen (secondary N) is 3. The number of aliphatic imine (C=N–C) groups is 1. The minimum absolute atomic E-state index is 0.